The molecule has 8 rings (SSSR count). The van der Waals surface area contributed by atoms with Crippen molar-refractivity contribution >= 4 is 44.6 Å². The zero-order chi connectivity index (χ0) is 40.7. The summed E-state index contributed by atoms with van der Waals surface area (Å²) in [4.78, 5) is 9.39. The molecule has 57 heavy (non-hydrogen) atoms. The first-order valence-electron chi connectivity index (χ1n) is 19.5. The average Bonchev–Trinajstić information content (AvgIpc) is 3.69. The van der Waals surface area contributed by atoms with E-state index in [1.54, 1.807) is 6.20 Å². The molecule has 0 radical (unpaired) electrons. The minimum atomic E-state index is -4.47. The summed E-state index contributed by atoms with van der Waals surface area (Å²) in [6.45, 7) is 20.6. The second-order valence-corrected chi connectivity index (χ2v) is 18.3. The minimum absolute atomic E-state index is 0.0169. The van der Waals surface area contributed by atoms with Gasteiger partial charge >= 0.3 is 6.18 Å². The lowest BCUT2D eigenvalue weighted by Crippen LogP contribution is -2.25. The second kappa shape index (κ2) is 13.4. The number of fused-ring (bicyclic) bond motifs is 4. The molecule has 5 nitrogen and oxygen atoms in total. The highest BCUT2D eigenvalue weighted by molar-refractivity contribution is 6.09. The number of para-hydroxylation sites is 2. The number of halogens is 3. The Kier molecular flexibility index (Phi) is 8.98. The molecule has 0 fully saturated rings. The lowest BCUT2D eigenvalue weighted by molar-refractivity contribution is -0.137. The van der Waals surface area contributed by atoms with Crippen molar-refractivity contribution < 1.29 is 17.9 Å². The first-order valence-corrected chi connectivity index (χ1v) is 19.5. The first kappa shape index (κ1) is 38.1. The third-order valence-electron chi connectivity index (χ3n) is 11.0. The Morgan fingerprint density at radius 3 is 1.77 bits per heavy atom. The molecule has 292 valence electrons. The van der Waals surface area contributed by atoms with Crippen molar-refractivity contribution in [3.8, 4) is 17.3 Å². The van der Waals surface area contributed by atoms with Gasteiger partial charge in [-0.15, -0.1) is 0 Å². The molecule has 0 N–H and O–H groups in total. The maximum Gasteiger partial charge on any atom is 0.416 e. The van der Waals surface area contributed by atoms with Crippen LogP contribution in [0.5, 0.6) is 11.5 Å². The number of rotatable bonds is 5. The van der Waals surface area contributed by atoms with Gasteiger partial charge in [0.15, 0.2) is 0 Å². The van der Waals surface area contributed by atoms with E-state index in [0.717, 1.165) is 34.4 Å². The van der Waals surface area contributed by atoms with Crippen LogP contribution in [0.4, 0.5) is 35.9 Å². The summed E-state index contributed by atoms with van der Waals surface area (Å²) in [7, 11) is 0. The van der Waals surface area contributed by atoms with E-state index in [1.165, 1.54) is 23.3 Å². The van der Waals surface area contributed by atoms with Crippen LogP contribution >= 0.6 is 0 Å². The molecule has 1 aliphatic heterocycles. The maximum absolute atomic E-state index is 13.9. The van der Waals surface area contributed by atoms with Crippen molar-refractivity contribution in [2.45, 2.75) is 84.7 Å². The quantitative estimate of drug-likeness (QED) is 0.175. The number of benzene rings is 5. The van der Waals surface area contributed by atoms with Crippen LogP contribution in [0.15, 0.2) is 121 Å². The van der Waals surface area contributed by atoms with Crippen molar-refractivity contribution in [3.05, 3.63) is 144 Å². The zero-order valence-corrected chi connectivity index (χ0v) is 34.1. The average molecular weight is 767 g/mol. The number of hydrogen-bond donors (Lipinski definition) is 0. The van der Waals surface area contributed by atoms with E-state index in [4.69, 9.17) is 9.72 Å². The Balaban J connectivity index is 1.18. The Morgan fingerprint density at radius 2 is 1.14 bits per heavy atom. The van der Waals surface area contributed by atoms with E-state index in [9.17, 15) is 13.2 Å². The summed E-state index contributed by atoms with van der Waals surface area (Å²) in [5.41, 5.74) is 8.48. The maximum atomic E-state index is 13.9. The van der Waals surface area contributed by atoms with Gasteiger partial charge in [-0.25, -0.2) is 4.98 Å². The van der Waals surface area contributed by atoms with E-state index in [1.807, 2.05) is 53.1 Å². The fourth-order valence-corrected chi connectivity index (χ4v) is 7.63. The van der Waals surface area contributed by atoms with Gasteiger partial charge in [0.25, 0.3) is 0 Å². The van der Waals surface area contributed by atoms with Gasteiger partial charge in [0.05, 0.1) is 28.0 Å². The SMILES string of the molecule is CC(C)(C)c1cc(N2CN(c3cccc(Oc4ccc5c6cc(C(F)(F)F)ccc6n(-c6cc(C(C)(C)C)ccn6)c5c4)c3)c3ccccc32)cc(C(C)(C)C)c1. The van der Waals surface area contributed by atoms with Crippen molar-refractivity contribution in [2.75, 3.05) is 16.5 Å². The number of ether oxygens (including phenoxy) is 1. The number of aromatic nitrogens is 2. The van der Waals surface area contributed by atoms with Crippen molar-refractivity contribution in [2.24, 2.45) is 0 Å². The van der Waals surface area contributed by atoms with Gasteiger partial charge in [-0.3, -0.25) is 4.57 Å². The molecule has 0 aliphatic carbocycles. The third kappa shape index (κ3) is 7.22. The van der Waals surface area contributed by atoms with Crippen LogP contribution < -0.4 is 14.5 Å². The molecule has 0 saturated carbocycles. The van der Waals surface area contributed by atoms with Crippen LogP contribution in [-0.2, 0) is 22.4 Å². The van der Waals surface area contributed by atoms with Gasteiger partial charge in [0.2, 0.25) is 0 Å². The smallest absolute Gasteiger partial charge is 0.416 e. The molecule has 0 atom stereocenters. The molecule has 0 unspecified atom stereocenters. The van der Waals surface area contributed by atoms with Crippen LogP contribution in [0.1, 0.15) is 84.6 Å². The molecule has 1 aliphatic rings. The normalized spacial score (nSPS) is 13.8. The Hall–Kier alpha value is -5.76. The zero-order valence-electron chi connectivity index (χ0n) is 34.1. The van der Waals surface area contributed by atoms with Gasteiger partial charge in [-0.05, 0) is 112 Å². The highest BCUT2D eigenvalue weighted by atomic mass is 19.4. The highest BCUT2D eigenvalue weighted by Gasteiger charge is 2.32. The van der Waals surface area contributed by atoms with Gasteiger partial charge < -0.3 is 14.5 Å². The predicted octanol–water partition coefficient (Wildman–Crippen LogP) is 14.1. The number of pyridine rings is 1. The van der Waals surface area contributed by atoms with Crippen molar-refractivity contribution in [1.82, 2.24) is 9.55 Å². The summed E-state index contributed by atoms with van der Waals surface area (Å²) in [6, 6.07) is 37.0. The van der Waals surface area contributed by atoms with Crippen LogP contribution in [0.2, 0.25) is 0 Å². The Labute approximate surface area is 333 Å². The van der Waals surface area contributed by atoms with Crippen molar-refractivity contribution in [3.63, 3.8) is 0 Å². The lowest BCUT2D eigenvalue weighted by atomic mass is 9.80. The van der Waals surface area contributed by atoms with Crippen LogP contribution in [0, 0.1) is 0 Å². The van der Waals surface area contributed by atoms with Gasteiger partial charge in [0.1, 0.15) is 24.0 Å². The Bertz CT molecular complexity index is 2620. The first-order chi connectivity index (χ1) is 26.8. The van der Waals surface area contributed by atoms with E-state index >= 15 is 0 Å². The molecule has 0 amide bonds. The van der Waals surface area contributed by atoms with Gasteiger partial charge in [-0.1, -0.05) is 86.6 Å². The van der Waals surface area contributed by atoms with Crippen LogP contribution in [-0.4, -0.2) is 16.2 Å². The fourth-order valence-electron chi connectivity index (χ4n) is 7.63. The number of nitrogens with zero attached hydrogens (tertiary/aromatic N) is 4. The predicted molar refractivity (Wildman–Crippen MR) is 228 cm³/mol. The van der Waals surface area contributed by atoms with E-state index < -0.39 is 11.7 Å². The molecule has 0 spiro atoms. The fraction of sp³-hybridized carbons (Fsp3) is 0.286. The molecule has 8 heteroatoms. The number of alkyl halides is 3. The summed E-state index contributed by atoms with van der Waals surface area (Å²) in [5, 5.41) is 1.18. The summed E-state index contributed by atoms with van der Waals surface area (Å²) >= 11 is 0. The molecule has 0 saturated heterocycles. The third-order valence-corrected chi connectivity index (χ3v) is 11.0. The summed E-state index contributed by atoms with van der Waals surface area (Å²) in [6.07, 6.45) is -2.72. The Morgan fingerprint density at radius 1 is 0.509 bits per heavy atom. The monoisotopic (exact) mass is 766 g/mol. The minimum Gasteiger partial charge on any atom is -0.457 e. The molecule has 0 bridgehead atoms. The van der Waals surface area contributed by atoms with E-state index in [-0.39, 0.29) is 16.2 Å². The van der Waals surface area contributed by atoms with Gasteiger partial charge in [0, 0.05) is 40.5 Å². The number of anilines is 4. The molecule has 5 aromatic carbocycles. The topological polar surface area (TPSA) is 33.5 Å². The summed E-state index contributed by atoms with van der Waals surface area (Å²) < 4.78 is 50.3. The second-order valence-electron chi connectivity index (χ2n) is 18.3. The van der Waals surface area contributed by atoms with E-state index in [0.29, 0.717) is 45.8 Å². The molecular formula is C49H49F3N4O. The van der Waals surface area contributed by atoms with Crippen LogP contribution in [0.3, 0.4) is 0 Å². The van der Waals surface area contributed by atoms with E-state index in [2.05, 4.69) is 121 Å². The summed E-state index contributed by atoms with van der Waals surface area (Å²) in [5.74, 6) is 1.83. The molecule has 2 aromatic heterocycles. The molecular weight excluding hydrogens is 718 g/mol. The highest BCUT2D eigenvalue weighted by Crippen LogP contribution is 2.47. The molecule has 7 aromatic rings. The van der Waals surface area contributed by atoms with Gasteiger partial charge in [-0.2, -0.15) is 13.2 Å². The lowest BCUT2D eigenvalue weighted by Gasteiger charge is -2.29. The largest absolute Gasteiger partial charge is 0.457 e. The van der Waals surface area contributed by atoms with Crippen LogP contribution in [0.25, 0.3) is 27.6 Å². The standard InChI is InChI=1S/C49H49F3N4O/c1-46(2,3)31-21-22-53-45(27-31)56-41-20-17-32(49(50,51)52)26-40(41)39-19-18-38(29-44(39)56)57-37-14-12-13-35(28-37)54-30-55(43-16-11-10-15-42(43)54)36-24-33(47(4,5)6)23-34(25-36)48(7,8)9/h10-29H,30H2,1-9H3. The molecule has 3 heterocycles. The van der Waals surface area contributed by atoms with Crippen molar-refractivity contribution in [1.29, 1.82) is 0 Å². The number of hydrogen-bond acceptors (Lipinski definition) is 4.